The van der Waals surface area contributed by atoms with Gasteiger partial charge >= 0.3 is 0 Å². The zero-order valence-corrected chi connectivity index (χ0v) is 22.5. The summed E-state index contributed by atoms with van der Waals surface area (Å²) in [6.07, 6.45) is 10.2. The molecule has 0 aliphatic heterocycles. The van der Waals surface area contributed by atoms with Crippen LogP contribution in [0.2, 0.25) is 0 Å². The molecular weight excluding hydrogens is 432 g/mol. The predicted molar refractivity (Wildman–Crippen MR) is 135 cm³/mol. The van der Waals surface area contributed by atoms with Crippen LogP contribution < -0.4 is 0 Å². The van der Waals surface area contributed by atoms with Gasteiger partial charge in [0.15, 0.2) is 11.6 Å². The van der Waals surface area contributed by atoms with Crippen LogP contribution in [0.25, 0.3) is 0 Å². The van der Waals surface area contributed by atoms with E-state index >= 15 is 0 Å². The van der Waals surface area contributed by atoms with Crippen LogP contribution in [-0.2, 0) is 9.59 Å². The van der Waals surface area contributed by atoms with Crippen molar-refractivity contribution in [1.29, 1.82) is 10.5 Å². The van der Waals surface area contributed by atoms with Gasteiger partial charge in [0.1, 0.15) is 6.07 Å². The van der Waals surface area contributed by atoms with Gasteiger partial charge in [0, 0.05) is 16.7 Å². The molecule has 0 heterocycles. The highest BCUT2D eigenvalue weighted by atomic mass is 16.1. The number of hydrogen-bond acceptors (Lipinski definition) is 4. The molecule has 0 saturated heterocycles. The van der Waals surface area contributed by atoms with E-state index in [9.17, 15) is 20.1 Å². The van der Waals surface area contributed by atoms with Crippen LogP contribution in [0, 0.1) is 72.9 Å². The van der Waals surface area contributed by atoms with Crippen molar-refractivity contribution in [3.63, 3.8) is 0 Å². The molecule has 4 nitrogen and oxygen atoms in total. The van der Waals surface area contributed by atoms with Gasteiger partial charge in [-0.25, -0.2) is 0 Å². The van der Waals surface area contributed by atoms with E-state index in [0.29, 0.717) is 0 Å². The summed E-state index contributed by atoms with van der Waals surface area (Å²) in [5, 5.41) is 20.2. The molecule has 3 fully saturated rings. The summed E-state index contributed by atoms with van der Waals surface area (Å²) in [6, 6.07) is 4.91. The number of allylic oxidation sites excluding steroid dienone is 4. The first-order chi connectivity index (χ1) is 16.1. The lowest BCUT2D eigenvalue weighted by molar-refractivity contribution is -0.162. The number of carbonyl (C=O) groups is 2. The van der Waals surface area contributed by atoms with Crippen molar-refractivity contribution in [1.82, 2.24) is 0 Å². The van der Waals surface area contributed by atoms with Crippen molar-refractivity contribution >= 4 is 11.6 Å². The molecule has 5 aliphatic carbocycles. The zero-order valence-electron chi connectivity index (χ0n) is 22.5. The topological polar surface area (TPSA) is 81.7 Å². The molecule has 0 aromatic rings. The highest BCUT2D eigenvalue weighted by Crippen LogP contribution is 2.74. The lowest BCUT2D eigenvalue weighted by atomic mass is 9.34. The number of hydrogen-bond donors (Lipinski definition) is 0. The molecule has 186 valence electrons. The van der Waals surface area contributed by atoms with Gasteiger partial charge in [0.05, 0.1) is 17.1 Å². The molecule has 4 heteroatoms. The first-order valence-electron chi connectivity index (χ1n) is 13.5. The lowest BCUT2D eigenvalue weighted by Crippen LogP contribution is -2.64. The molecule has 0 radical (unpaired) electrons. The Hall–Kier alpha value is -2.20. The van der Waals surface area contributed by atoms with Crippen molar-refractivity contribution in [3.8, 4) is 12.1 Å². The number of nitriles is 2. The summed E-state index contributed by atoms with van der Waals surface area (Å²) < 4.78 is 0. The average molecular weight is 473 g/mol. The fraction of sp³-hybridized carbons (Fsp3) is 0.742. The van der Waals surface area contributed by atoms with Gasteiger partial charge in [-0.05, 0) is 79.1 Å². The Bertz CT molecular complexity index is 1180. The molecule has 0 aromatic heterocycles. The third kappa shape index (κ3) is 2.84. The summed E-state index contributed by atoms with van der Waals surface area (Å²) in [7, 11) is 0. The van der Waals surface area contributed by atoms with Crippen molar-refractivity contribution in [2.45, 2.75) is 93.4 Å². The van der Waals surface area contributed by atoms with E-state index in [1.54, 1.807) is 0 Å². The Balaban J connectivity index is 1.70. The van der Waals surface area contributed by atoms with Crippen LogP contribution >= 0.6 is 0 Å². The van der Waals surface area contributed by atoms with E-state index in [0.717, 1.165) is 50.5 Å². The van der Waals surface area contributed by atoms with Gasteiger partial charge in [-0.3, -0.25) is 9.59 Å². The fourth-order valence-corrected chi connectivity index (χ4v) is 9.83. The van der Waals surface area contributed by atoms with Gasteiger partial charge in [0.25, 0.3) is 0 Å². The van der Waals surface area contributed by atoms with Crippen LogP contribution in [0.15, 0.2) is 23.3 Å². The maximum atomic E-state index is 14.2. The zero-order chi connectivity index (χ0) is 25.8. The first-order valence-corrected chi connectivity index (χ1v) is 13.5. The van der Waals surface area contributed by atoms with Gasteiger partial charge in [-0.1, -0.05) is 60.1 Å². The molecule has 35 heavy (non-hydrogen) atoms. The molecule has 0 N–H and O–H groups in total. The minimum absolute atomic E-state index is 0.0577. The van der Waals surface area contributed by atoms with Crippen molar-refractivity contribution in [2.24, 2.45) is 50.2 Å². The highest BCUT2D eigenvalue weighted by Gasteiger charge is 2.69. The van der Waals surface area contributed by atoms with Crippen molar-refractivity contribution < 1.29 is 9.59 Å². The quantitative estimate of drug-likeness (QED) is 0.391. The lowest BCUT2D eigenvalue weighted by Gasteiger charge is -2.68. The summed E-state index contributed by atoms with van der Waals surface area (Å²) >= 11 is 0. The number of Topliss-reactive ketones (excluding diaryl/α,β-unsaturated/α-hetero) is 1. The number of carbonyl (C=O) groups excluding carboxylic acids is 2. The maximum Gasteiger partial charge on any atom is 0.178 e. The van der Waals surface area contributed by atoms with E-state index in [1.807, 2.05) is 26.0 Å². The molecule has 0 spiro atoms. The third-order valence-corrected chi connectivity index (χ3v) is 12.1. The third-order valence-electron chi connectivity index (χ3n) is 12.1. The van der Waals surface area contributed by atoms with Crippen LogP contribution in [0.4, 0.5) is 0 Å². The number of nitrogens with zero attached hydrogens (tertiary/aromatic N) is 2. The second-order valence-corrected chi connectivity index (χ2v) is 14.5. The number of ketones is 2. The SMILES string of the molecule is CC1(C)CCC2(C#N)CC[C@]3(C)[C@H](C(=O)C=C4[C@@]5(C)C=C(C#N)C(=O)C(C)(C)C5CC[C@]43C)[C@H]2C1. The standard InChI is InChI=1S/C31H40N2O2/c1-26(2)10-12-31(18-33)13-11-30(7)24(20(31)16-26)21(34)14-23-28(5)15-19(17-32)25(35)27(3,4)22(28)8-9-29(23,30)6/h14-15,20,22,24H,8-13,16H2,1-7H3/t20-,22?,24+,28+,29-,30-,31?/m1/s1. The fourth-order valence-electron chi connectivity index (χ4n) is 9.83. The molecule has 5 aliphatic rings. The largest absolute Gasteiger partial charge is 0.295 e. The molecule has 0 amide bonds. The second kappa shape index (κ2) is 6.97. The van der Waals surface area contributed by atoms with Gasteiger partial charge in [-0.2, -0.15) is 10.5 Å². The number of rotatable bonds is 0. The Morgan fingerprint density at radius 2 is 1.57 bits per heavy atom. The van der Waals surface area contributed by atoms with Crippen LogP contribution in [0.5, 0.6) is 0 Å². The summed E-state index contributed by atoms with van der Waals surface area (Å²) in [5.74, 6) is 0.0887. The second-order valence-electron chi connectivity index (χ2n) is 14.5. The molecule has 0 aromatic carbocycles. The van der Waals surface area contributed by atoms with Crippen LogP contribution in [0.1, 0.15) is 93.4 Å². The van der Waals surface area contributed by atoms with Gasteiger partial charge < -0.3 is 0 Å². The predicted octanol–water partition coefficient (Wildman–Crippen LogP) is 6.73. The molecule has 0 bridgehead atoms. The Labute approximate surface area is 210 Å². The van der Waals surface area contributed by atoms with Gasteiger partial charge in [0.2, 0.25) is 0 Å². The highest BCUT2D eigenvalue weighted by molar-refractivity contribution is 6.04. The Kier molecular flexibility index (Phi) is 4.88. The van der Waals surface area contributed by atoms with Gasteiger partial charge in [-0.15, -0.1) is 0 Å². The van der Waals surface area contributed by atoms with E-state index in [4.69, 9.17) is 0 Å². The molecule has 2 unspecified atom stereocenters. The van der Waals surface area contributed by atoms with E-state index < -0.39 is 16.2 Å². The smallest absolute Gasteiger partial charge is 0.178 e. The van der Waals surface area contributed by atoms with Crippen molar-refractivity contribution in [2.75, 3.05) is 0 Å². The minimum Gasteiger partial charge on any atom is -0.295 e. The summed E-state index contributed by atoms with van der Waals surface area (Å²) in [4.78, 5) is 27.4. The van der Waals surface area contributed by atoms with E-state index in [1.165, 1.54) is 0 Å². The summed E-state index contributed by atoms with van der Waals surface area (Å²) in [5.41, 5.74) is -0.512. The molecule has 5 rings (SSSR count). The van der Waals surface area contributed by atoms with E-state index in [2.05, 4.69) is 46.8 Å². The average Bonchev–Trinajstić information content (AvgIpc) is 2.77. The van der Waals surface area contributed by atoms with Crippen LogP contribution in [-0.4, -0.2) is 11.6 Å². The molecule has 7 atom stereocenters. The van der Waals surface area contributed by atoms with Crippen LogP contribution in [0.3, 0.4) is 0 Å². The maximum absolute atomic E-state index is 14.2. The minimum atomic E-state index is -0.645. The first kappa shape index (κ1) is 24.5. The number of fused-ring (bicyclic) bond motifs is 7. The molecule has 3 saturated carbocycles. The molecular formula is C31H40N2O2. The summed E-state index contributed by atoms with van der Waals surface area (Å²) in [6.45, 7) is 15.4. The van der Waals surface area contributed by atoms with E-state index in [-0.39, 0.29) is 51.1 Å². The normalized spacial score (nSPS) is 47.5. The van der Waals surface area contributed by atoms with Crippen molar-refractivity contribution in [3.05, 3.63) is 23.3 Å². The Morgan fingerprint density at radius 3 is 2.20 bits per heavy atom. The monoisotopic (exact) mass is 472 g/mol. The Morgan fingerprint density at radius 1 is 0.914 bits per heavy atom.